The Bertz CT molecular complexity index is 846. The van der Waals surface area contributed by atoms with Crippen molar-refractivity contribution < 1.29 is 18.8 Å². The first-order valence-corrected chi connectivity index (χ1v) is 8.16. The quantitative estimate of drug-likeness (QED) is 0.560. The lowest BCUT2D eigenvalue weighted by Crippen LogP contribution is -2.48. The van der Waals surface area contributed by atoms with E-state index in [1.165, 1.54) is 6.07 Å². The topological polar surface area (TPSA) is 100 Å². The highest BCUT2D eigenvalue weighted by atomic mass is 35.5. The molecule has 1 aromatic heterocycles. The van der Waals surface area contributed by atoms with Crippen molar-refractivity contribution in [2.45, 2.75) is 18.9 Å². The summed E-state index contributed by atoms with van der Waals surface area (Å²) < 4.78 is 5.43. The second kappa shape index (κ2) is 7.16. The first-order valence-electron chi connectivity index (χ1n) is 7.40. The molecule has 9 heteroatoms. The molecular weight excluding hydrogens is 369 g/mol. The molecule has 1 heterocycles. The minimum Gasteiger partial charge on any atom is -0.451 e. The van der Waals surface area contributed by atoms with Crippen molar-refractivity contribution in [2.24, 2.45) is 0 Å². The Morgan fingerprint density at radius 2 is 1.76 bits per heavy atom. The number of nitrogens with one attached hydrogen (secondary N) is 3. The maximum absolute atomic E-state index is 12.0. The van der Waals surface area contributed by atoms with Crippen LogP contribution in [0.5, 0.6) is 0 Å². The molecule has 1 fully saturated rings. The summed E-state index contributed by atoms with van der Waals surface area (Å²) in [5, 5.41) is 3.35. The number of amides is 3. The highest BCUT2D eigenvalue weighted by Gasteiger charge is 2.26. The summed E-state index contributed by atoms with van der Waals surface area (Å²) in [6.45, 7) is 0. The van der Waals surface area contributed by atoms with Gasteiger partial charge in [0.15, 0.2) is 5.76 Å². The van der Waals surface area contributed by atoms with Crippen LogP contribution in [0.15, 0.2) is 34.7 Å². The van der Waals surface area contributed by atoms with Gasteiger partial charge < -0.3 is 9.73 Å². The van der Waals surface area contributed by atoms with Gasteiger partial charge >= 0.3 is 17.7 Å². The average Bonchev–Trinajstić information content (AvgIpc) is 3.25. The molecule has 1 aromatic carbocycles. The number of carbonyl (C=O) groups excluding carboxylic acids is 3. The fourth-order valence-electron chi connectivity index (χ4n) is 2.00. The number of halogens is 2. The zero-order valence-corrected chi connectivity index (χ0v) is 14.3. The van der Waals surface area contributed by atoms with Crippen LogP contribution in [0, 0.1) is 0 Å². The fourth-order valence-corrected chi connectivity index (χ4v) is 2.51. The van der Waals surface area contributed by atoms with Crippen LogP contribution in [0.25, 0.3) is 11.3 Å². The molecule has 3 amide bonds. The summed E-state index contributed by atoms with van der Waals surface area (Å²) in [6.07, 6.45) is 1.71. The smallest absolute Gasteiger partial charge is 0.327 e. The van der Waals surface area contributed by atoms with E-state index >= 15 is 0 Å². The molecule has 0 spiro atoms. The molecule has 3 rings (SSSR count). The lowest BCUT2D eigenvalue weighted by Gasteiger charge is -2.06. The summed E-state index contributed by atoms with van der Waals surface area (Å²) in [5.74, 6) is -2.14. The molecule has 0 radical (unpaired) electrons. The molecule has 25 heavy (non-hydrogen) atoms. The van der Waals surface area contributed by atoms with E-state index < -0.39 is 17.7 Å². The zero-order valence-electron chi connectivity index (χ0n) is 12.8. The number of rotatable bonds is 3. The molecular formula is C16H13Cl2N3O4. The molecule has 1 aliphatic rings. The summed E-state index contributed by atoms with van der Waals surface area (Å²) in [4.78, 5) is 35.0. The predicted molar refractivity (Wildman–Crippen MR) is 90.9 cm³/mol. The third kappa shape index (κ3) is 4.32. The number of carbonyl (C=O) groups is 3. The average molecular weight is 382 g/mol. The lowest BCUT2D eigenvalue weighted by atomic mass is 10.2. The Morgan fingerprint density at radius 3 is 2.44 bits per heavy atom. The Hall–Kier alpha value is -2.51. The van der Waals surface area contributed by atoms with Gasteiger partial charge in [-0.2, -0.15) is 0 Å². The predicted octanol–water partition coefficient (Wildman–Crippen LogP) is 2.29. The Balaban J connectivity index is 1.60. The molecule has 0 atom stereocenters. The molecule has 130 valence electrons. The number of furan rings is 1. The van der Waals surface area contributed by atoms with Gasteiger partial charge in [0.1, 0.15) is 5.76 Å². The first-order chi connectivity index (χ1) is 11.9. The van der Waals surface area contributed by atoms with E-state index in [4.69, 9.17) is 27.6 Å². The van der Waals surface area contributed by atoms with E-state index in [2.05, 4.69) is 10.7 Å². The van der Waals surface area contributed by atoms with Crippen LogP contribution < -0.4 is 16.2 Å². The van der Waals surface area contributed by atoms with Crippen LogP contribution in [-0.2, 0) is 9.59 Å². The number of hydrazine groups is 1. The highest BCUT2D eigenvalue weighted by molar-refractivity contribution is 6.36. The van der Waals surface area contributed by atoms with E-state index in [1.807, 2.05) is 5.43 Å². The highest BCUT2D eigenvalue weighted by Crippen LogP contribution is 2.31. The van der Waals surface area contributed by atoms with Crippen LogP contribution in [0.1, 0.15) is 23.4 Å². The van der Waals surface area contributed by atoms with Crippen molar-refractivity contribution in [3.05, 3.63) is 46.1 Å². The molecule has 0 saturated heterocycles. The van der Waals surface area contributed by atoms with Crippen molar-refractivity contribution in [1.82, 2.24) is 16.2 Å². The van der Waals surface area contributed by atoms with Gasteiger partial charge in [-0.05, 0) is 43.2 Å². The normalized spacial score (nSPS) is 13.2. The number of hydrogen-bond donors (Lipinski definition) is 3. The van der Waals surface area contributed by atoms with Gasteiger partial charge in [0.25, 0.3) is 0 Å². The monoisotopic (exact) mass is 381 g/mol. The minimum absolute atomic E-state index is 0.0470. The van der Waals surface area contributed by atoms with Crippen molar-refractivity contribution in [3.8, 4) is 11.3 Å². The van der Waals surface area contributed by atoms with E-state index in [-0.39, 0.29) is 11.8 Å². The Labute approximate surface area is 152 Å². The van der Waals surface area contributed by atoms with Crippen LogP contribution >= 0.6 is 23.2 Å². The molecule has 7 nitrogen and oxygen atoms in total. The summed E-state index contributed by atoms with van der Waals surface area (Å²) in [6, 6.07) is 7.89. The van der Waals surface area contributed by atoms with Crippen LogP contribution in [-0.4, -0.2) is 23.8 Å². The van der Waals surface area contributed by atoms with E-state index in [0.717, 1.165) is 12.8 Å². The number of benzene rings is 1. The summed E-state index contributed by atoms with van der Waals surface area (Å²) in [5.41, 5.74) is 4.71. The lowest BCUT2D eigenvalue weighted by molar-refractivity contribution is -0.139. The molecule has 1 aliphatic carbocycles. The van der Waals surface area contributed by atoms with Gasteiger partial charge in [-0.25, -0.2) is 0 Å². The second-order valence-electron chi connectivity index (χ2n) is 5.44. The Kier molecular flexibility index (Phi) is 4.96. The van der Waals surface area contributed by atoms with E-state index in [1.54, 1.807) is 24.3 Å². The van der Waals surface area contributed by atoms with E-state index in [0.29, 0.717) is 21.4 Å². The maximum atomic E-state index is 12.0. The third-order valence-corrected chi connectivity index (χ3v) is 3.98. The standard InChI is InChI=1S/C16H13Cl2N3O4/c17-8-1-4-10(11(18)7-8)12-5-6-13(25-12)14(22)20-21-16(24)15(23)19-9-2-3-9/h1,4-7,9H,2-3H2,(H,19,23)(H,20,22)(H,21,24). The van der Waals surface area contributed by atoms with Gasteiger partial charge in [-0.1, -0.05) is 23.2 Å². The molecule has 0 aliphatic heterocycles. The second-order valence-corrected chi connectivity index (χ2v) is 6.29. The molecule has 2 aromatic rings. The summed E-state index contributed by atoms with van der Waals surface area (Å²) >= 11 is 11.9. The minimum atomic E-state index is -0.951. The van der Waals surface area contributed by atoms with Crippen LogP contribution in [0.3, 0.4) is 0 Å². The number of hydrogen-bond acceptors (Lipinski definition) is 4. The molecule has 1 saturated carbocycles. The zero-order chi connectivity index (χ0) is 18.0. The largest absolute Gasteiger partial charge is 0.451 e. The van der Waals surface area contributed by atoms with Gasteiger partial charge in [-0.15, -0.1) is 0 Å². The maximum Gasteiger partial charge on any atom is 0.327 e. The Morgan fingerprint density at radius 1 is 1.00 bits per heavy atom. The van der Waals surface area contributed by atoms with Crippen LogP contribution in [0.4, 0.5) is 0 Å². The molecule has 0 bridgehead atoms. The van der Waals surface area contributed by atoms with Gasteiger partial charge in [-0.3, -0.25) is 25.2 Å². The van der Waals surface area contributed by atoms with Crippen LogP contribution in [0.2, 0.25) is 10.0 Å². The SMILES string of the molecule is O=C(NNC(=O)c1ccc(-c2ccc(Cl)cc2Cl)o1)C(=O)NC1CC1. The van der Waals surface area contributed by atoms with Gasteiger partial charge in [0, 0.05) is 16.6 Å². The van der Waals surface area contributed by atoms with Crippen molar-refractivity contribution in [2.75, 3.05) is 0 Å². The third-order valence-electron chi connectivity index (χ3n) is 3.43. The van der Waals surface area contributed by atoms with Crippen molar-refractivity contribution >= 4 is 40.9 Å². The summed E-state index contributed by atoms with van der Waals surface area (Å²) in [7, 11) is 0. The molecule has 0 unspecified atom stereocenters. The van der Waals surface area contributed by atoms with Gasteiger partial charge in [0.2, 0.25) is 0 Å². The fraction of sp³-hybridized carbons (Fsp3) is 0.188. The van der Waals surface area contributed by atoms with Crippen molar-refractivity contribution in [1.29, 1.82) is 0 Å². The van der Waals surface area contributed by atoms with Gasteiger partial charge in [0.05, 0.1) is 5.02 Å². The first kappa shape index (κ1) is 17.3. The van der Waals surface area contributed by atoms with Crippen molar-refractivity contribution in [3.63, 3.8) is 0 Å². The molecule has 3 N–H and O–H groups in total. The van der Waals surface area contributed by atoms with E-state index in [9.17, 15) is 14.4 Å².